The summed E-state index contributed by atoms with van der Waals surface area (Å²) in [5.74, 6) is -0.549. The molecule has 2 aromatic carbocycles. The van der Waals surface area contributed by atoms with Crippen LogP contribution in [0.4, 0.5) is 0 Å². The maximum Gasteiger partial charge on any atom is 0.328 e. The summed E-state index contributed by atoms with van der Waals surface area (Å²) in [5.41, 5.74) is 2.82. The van der Waals surface area contributed by atoms with Gasteiger partial charge in [-0.1, -0.05) is 60.7 Å². The van der Waals surface area contributed by atoms with Crippen LogP contribution < -0.4 is 10.1 Å². The van der Waals surface area contributed by atoms with E-state index in [1.165, 1.54) is 19.8 Å². The smallest absolute Gasteiger partial charge is 0.328 e. The van der Waals surface area contributed by atoms with Gasteiger partial charge in [-0.3, -0.25) is 4.79 Å². The highest BCUT2D eigenvalue weighted by Gasteiger charge is 2.23. The van der Waals surface area contributed by atoms with Gasteiger partial charge >= 0.3 is 5.97 Å². The number of amides is 1. The van der Waals surface area contributed by atoms with Crippen molar-refractivity contribution < 1.29 is 19.1 Å². The van der Waals surface area contributed by atoms with Gasteiger partial charge in [-0.25, -0.2) is 14.8 Å². The number of fused-ring (bicyclic) bond motifs is 1. The Kier molecular flexibility index (Phi) is 6.89. The molecule has 168 valence electrons. The number of benzene rings is 2. The van der Waals surface area contributed by atoms with Crippen molar-refractivity contribution in [3.63, 3.8) is 0 Å². The minimum Gasteiger partial charge on any atom is -0.471 e. The van der Waals surface area contributed by atoms with Crippen LogP contribution in [-0.4, -0.2) is 44.5 Å². The first kappa shape index (κ1) is 21.9. The quantitative estimate of drug-likeness (QED) is 0.394. The third-order valence-corrected chi connectivity index (χ3v) is 5.00. The fourth-order valence-electron chi connectivity index (χ4n) is 3.39. The molecule has 1 atom stereocenters. The molecule has 0 radical (unpaired) electrons. The molecule has 4 rings (SSSR count). The molecular formula is C24H23N5O4. The Labute approximate surface area is 190 Å². The molecule has 9 heteroatoms. The fourth-order valence-corrected chi connectivity index (χ4v) is 3.39. The lowest BCUT2D eigenvalue weighted by molar-refractivity contribution is -0.145. The second-order valence-electron chi connectivity index (χ2n) is 7.33. The average Bonchev–Trinajstić information content (AvgIpc) is 3.26. The summed E-state index contributed by atoms with van der Waals surface area (Å²) in [6.45, 7) is 0.258. The predicted molar refractivity (Wildman–Crippen MR) is 120 cm³/mol. The summed E-state index contributed by atoms with van der Waals surface area (Å²) >= 11 is 0. The minimum atomic E-state index is -0.806. The topological polar surface area (TPSA) is 108 Å². The Balaban J connectivity index is 1.45. The minimum absolute atomic E-state index is 0.0755. The van der Waals surface area contributed by atoms with Gasteiger partial charge in [0.1, 0.15) is 25.5 Å². The molecule has 0 aliphatic rings. The number of methoxy groups -OCH3 is 1. The fraction of sp³-hybridized carbons (Fsp3) is 0.208. The number of rotatable bonds is 9. The number of carbonyl (C=O) groups is 2. The molecule has 33 heavy (non-hydrogen) atoms. The number of imidazole rings is 1. The number of carbonyl (C=O) groups excluding carboxylic acids is 2. The van der Waals surface area contributed by atoms with Crippen molar-refractivity contribution in [2.24, 2.45) is 0 Å². The van der Waals surface area contributed by atoms with Gasteiger partial charge < -0.3 is 19.4 Å². The van der Waals surface area contributed by atoms with Crippen LogP contribution in [0.15, 0.2) is 73.3 Å². The molecule has 0 aliphatic heterocycles. The Hall–Kier alpha value is -4.27. The molecule has 1 N–H and O–H groups in total. The maximum atomic E-state index is 12.7. The lowest BCUT2D eigenvalue weighted by atomic mass is 10.1. The molecule has 0 saturated carbocycles. The van der Waals surface area contributed by atoms with Gasteiger partial charge in [-0.2, -0.15) is 4.98 Å². The normalized spacial score (nSPS) is 11.7. The summed E-state index contributed by atoms with van der Waals surface area (Å²) in [5, 5.41) is 2.74. The summed E-state index contributed by atoms with van der Waals surface area (Å²) in [4.78, 5) is 37.7. The van der Waals surface area contributed by atoms with Gasteiger partial charge in [0.2, 0.25) is 11.8 Å². The van der Waals surface area contributed by atoms with Crippen LogP contribution in [0, 0.1) is 0 Å². The number of nitrogens with zero attached hydrogens (tertiary/aromatic N) is 4. The average molecular weight is 445 g/mol. The Morgan fingerprint density at radius 3 is 2.36 bits per heavy atom. The van der Waals surface area contributed by atoms with Crippen LogP contribution in [0.2, 0.25) is 0 Å². The van der Waals surface area contributed by atoms with Crippen LogP contribution >= 0.6 is 0 Å². The summed E-state index contributed by atoms with van der Waals surface area (Å²) < 4.78 is 12.3. The highest BCUT2D eigenvalue weighted by atomic mass is 16.5. The molecular weight excluding hydrogens is 422 g/mol. The van der Waals surface area contributed by atoms with E-state index in [4.69, 9.17) is 9.47 Å². The number of nitrogens with one attached hydrogen (secondary N) is 1. The summed E-state index contributed by atoms with van der Waals surface area (Å²) in [6, 6.07) is 18.3. The molecule has 2 aromatic heterocycles. The number of esters is 1. The summed E-state index contributed by atoms with van der Waals surface area (Å²) in [7, 11) is 1.30. The lowest BCUT2D eigenvalue weighted by Crippen LogP contribution is -2.44. The maximum absolute atomic E-state index is 12.7. The van der Waals surface area contributed by atoms with Crippen LogP contribution in [0.5, 0.6) is 5.88 Å². The Morgan fingerprint density at radius 2 is 1.67 bits per heavy atom. The SMILES string of the molecule is COC(=O)[C@H](Cc1ccccc1)NC(=O)Cn1cnc2c(OCc3ccccc3)ncnc21. The van der Waals surface area contributed by atoms with Crippen molar-refractivity contribution in [1.29, 1.82) is 0 Å². The third kappa shape index (κ3) is 5.51. The second kappa shape index (κ2) is 10.4. The predicted octanol–water partition coefficient (Wildman–Crippen LogP) is 2.31. The Bertz CT molecular complexity index is 1230. The summed E-state index contributed by atoms with van der Waals surface area (Å²) in [6.07, 6.45) is 3.19. The van der Waals surface area contributed by atoms with Gasteiger partial charge in [-0.15, -0.1) is 0 Å². The van der Waals surface area contributed by atoms with E-state index in [1.54, 1.807) is 4.57 Å². The van der Waals surface area contributed by atoms with Gasteiger partial charge in [0.25, 0.3) is 0 Å². The van der Waals surface area contributed by atoms with Crippen molar-refractivity contribution in [2.75, 3.05) is 7.11 Å². The lowest BCUT2D eigenvalue weighted by Gasteiger charge is -2.17. The number of aromatic nitrogens is 4. The van der Waals surface area contributed by atoms with Gasteiger partial charge in [0, 0.05) is 6.42 Å². The molecule has 0 spiro atoms. The van der Waals surface area contributed by atoms with Gasteiger partial charge in [-0.05, 0) is 11.1 Å². The van der Waals surface area contributed by atoms with E-state index in [-0.39, 0.29) is 12.5 Å². The molecule has 9 nitrogen and oxygen atoms in total. The highest BCUT2D eigenvalue weighted by molar-refractivity contribution is 5.85. The zero-order valence-electron chi connectivity index (χ0n) is 18.0. The first-order valence-corrected chi connectivity index (χ1v) is 10.4. The molecule has 0 aliphatic carbocycles. The number of hydrogen-bond acceptors (Lipinski definition) is 7. The van der Waals surface area contributed by atoms with E-state index < -0.39 is 12.0 Å². The zero-order chi connectivity index (χ0) is 23.0. The van der Waals surface area contributed by atoms with E-state index >= 15 is 0 Å². The first-order chi connectivity index (χ1) is 16.1. The van der Waals surface area contributed by atoms with E-state index in [0.29, 0.717) is 30.1 Å². The van der Waals surface area contributed by atoms with E-state index in [1.807, 2.05) is 60.7 Å². The van der Waals surface area contributed by atoms with Crippen LogP contribution in [0.1, 0.15) is 11.1 Å². The molecule has 0 bridgehead atoms. The van der Waals surface area contributed by atoms with Crippen molar-refractivity contribution in [1.82, 2.24) is 24.8 Å². The van der Waals surface area contributed by atoms with Crippen molar-refractivity contribution in [2.45, 2.75) is 25.6 Å². The van der Waals surface area contributed by atoms with Crippen molar-refractivity contribution >= 4 is 23.0 Å². The number of ether oxygens (including phenoxy) is 2. The highest BCUT2D eigenvalue weighted by Crippen LogP contribution is 2.20. The molecule has 2 heterocycles. The second-order valence-corrected chi connectivity index (χ2v) is 7.33. The van der Waals surface area contributed by atoms with Crippen molar-refractivity contribution in [3.8, 4) is 5.88 Å². The van der Waals surface area contributed by atoms with Crippen LogP contribution in [0.3, 0.4) is 0 Å². The molecule has 1 amide bonds. The molecule has 0 saturated heterocycles. The van der Waals surface area contributed by atoms with E-state index in [0.717, 1.165) is 11.1 Å². The molecule has 4 aromatic rings. The van der Waals surface area contributed by atoms with Gasteiger partial charge in [0.15, 0.2) is 11.2 Å². The Morgan fingerprint density at radius 1 is 0.970 bits per heavy atom. The van der Waals surface area contributed by atoms with Crippen LogP contribution in [0.25, 0.3) is 11.2 Å². The third-order valence-electron chi connectivity index (χ3n) is 5.00. The largest absolute Gasteiger partial charge is 0.471 e. The van der Waals surface area contributed by atoms with Crippen LogP contribution in [-0.2, 0) is 33.9 Å². The molecule has 0 unspecified atom stereocenters. The van der Waals surface area contributed by atoms with Gasteiger partial charge in [0.05, 0.1) is 13.4 Å². The molecule has 0 fully saturated rings. The van der Waals surface area contributed by atoms with Crippen molar-refractivity contribution in [3.05, 3.63) is 84.4 Å². The standard InChI is InChI=1S/C24H23N5O4/c1-32-24(31)19(12-17-8-4-2-5-9-17)28-20(30)13-29-16-27-21-22(29)25-15-26-23(21)33-14-18-10-6-3-7-11-18/h2-11,15-16,19H,12-14H2,1H3,(H,28,30)/t19-/m0/s1. The number of hydrogen-bond donors (Lipinski definition) is 1. The monoisotopic (exact) mass is 445 g/mol. The zero-order valence-corrected chi connectivity index (χ0v) is 18.0. The van der Waals surface area contributed by atoms with E-state index in [9.17, 15) is 9.59 Å². The first-order valence-electron chi connectivity index (χ1n) is 10.4. The van der Waals surface area contributed by atoms with E-state index in [2.05, 4.69) is 20.3 Å².